The lowest BCUT2D eigenvalue weighted by Crippen LogP contribution is -2.21. The summed E-state index contributed by atoms with van der Waals surface area (Å²) in [6.45, 7) is 3.01. The molecule has 2 aromatic rings. The van der Waals surface area contributed by atoms with E-state index >= 15 is 0 Å². The first-order chi connectivity index (χ1) is 13.1. The molecule has 0 unspecified atom stereocenters. The second-order valence-electron chi connectivity index (χ2n) is 6.19. The Labute approximate surface area is 166 Å². The minimum absolute atomic E-state index is 0.130. The highest BCUT2D eigenvalue weighted by molar-refractivity contribution is 6.32. The number of methoxy groups -OCH3 is 1. The largest absolute Gasteiger partial charge is 0.495 e. The van der Waals surface area contributed by atoms with Crippen LogP contribution in [-0.2, 0) is 4.79 Å². The number of carbonyl (C=O) groups excluding carboxylic acids is 1. The monoisotopic (exact) mass is 390 g/mol. The van der Waals surface area contributed by atoms with Crippen molar-refractivity contribution >= 4 is 28.9 Å². The van der Waals surface area contributed by atoms with Crippen LogP contribution in [-0.4, -0.2) is 26.2 Å². The molecule has 0 bridgehead atoms. The highest BCUT2D eigenvalue weighted by atomic mass is 35.5. The van der Waals surface area contributed by atoms with Crippen molar-refractivity contribution in [2.75, 3.05) is 30.9 Å². The molecule has 146 valence electrons. The second kappa shape index (κ2) is 11.3. The highest BCUT2D eigenvalue weighted by Crippen LogP contribution is 2.27. The number of carbonyl (C=O) groups is 1. The van der Waals surface area contributed by atoms with E-state index in [9.17, 15) is 4.79 Å². The predicted octanol–water partition coefficient (Wildman–Crippen LogP) is 5.36. The molecule has 1 amide bonds. The summed E-state index contributed by atoms with van der Waals surface area (Å²) in [6.07, 6.45) is 4.65. The average molecular weight is 391 g/mol. The summed E-state index contributed by atoms with van der Waals surface area (Å²) in [4.78, 5) is 12.2. The summed E-state index contributed by atoms with van der Waals surface area (Å²) >= 11 is 6.08. The summed E-state index contributed by atoms with van der Waals surface area (Å²) in [5.41, 5.74) is 1.46. The van der Waals surface area contributed by atoms with E-state index in [-0.39, 0.29) is 12.5 Å². The molecule has 2 aromatic carbocycles. The number of halogens is 1. The van der Waals surface area contributed by atoms with Gasteiger partial charge in [-0.2, -0.15) is 0 Å². The number of hydrogen-bond donors (Lipinski definition) is 2. The third-order valence-corrected chi connectivity index (χ3v) is 4.28. The Kier molecular flexibility index (Phi) is 8.78. The summed E-state index contributed by atoms with van der Waals surface area (Å²) in [6, 6.07) is 12.7. The number of hydrogen-bond acceptors (Lipinski definition) is 4. The Morgan fingerprint density at radius 1 is 1.07 bits per heavy atom. The van der Waals surface area contributed by atoms with E-state index in [1.165, 1.54) is 19.3 Å². The summed E-state index contributed by atoms with van der Waals surface area (Å²) in [7, 11) is 1.56. The Hall–Kier alpha value is -2.40. The minimum atomic E-state index is -0.151. The molecule has 0 aliphatic heterocycles. The summed E-state index contributed by atoms with van der Waals surface area (Å²) in [5, 5.41) is 6.40. The number of amides is 1. The lowest BCUT2D eigenvalue weighted by molar-refractivity contribution is -0.114. The van der Waals surface area contributed by atoms with Gasteiger partial charge < -0.3 is 20.1 Å². The van der Waals surface area contributed by atoms with Gasteiger partial charge in [-0.3, -0.25) is 4.79 Å². The first-order valence-electron chi connectivity index (χ1n) is 9.22. The van der Waals surface area contributed by atoms with E-state index < -0.39 is 0 Å². The Bertz CT molecular complexity index is 737. The highest BCUT2D eigenvalue weighted by Gasteiger charge is 2.06. The second-order valence-corrected chi connectivity index (χ2v) is 6.60. The van der Waals surface area contributed by atoms with Crippen LogP contribution >= 0.6 is 11.6 Å². The molecule has 5 nitrogen and oxygen atoms in total. The lowest BCUT2D eigenvalue weighted by atomic mass is 10.2. The van der Waals surface area contributed by atoms with Crippen LogP contribution in [0.15, 0.2) is 42.5 Å². The molecule has 2 rings (SSSR count). The Morgan fingerprint density at radius 3 is 2.67 bits per heavy atom. The molecule has 6 heteroatoms. The van der Waals surface area contributed by atoms with Crippen LogP contribution in [0, 0.1) is 0 Å². The molecule has 0 saturated carbocycles. The van der Waals surface area contributed by atoms with Gasteiger partial charge in [0.2, 0.25) is 5.91 Å². The van der Waals surface area contributed by atoms with Crippen molar-refractivity contribution in [3.63, 3.8) is 0 Å². The van der Waals surface area contributed by atoms with Gasteiger partial charge in [-0.25, -0.2) is 0 Å². The lowest BCUT2D eigenvalue weighted by Gasteiger charge is -2.11. The standard InChI is InChI=1S/C21H27ClN2O3/c1-3-4-5-6-12-27-18-9-7-8-17(13-18)24-21(25)15-23-16-10-11-20(26-2)19(22)14-16/h7-11,13-14,23H,3-6,12,15H2,1-2H3,(H,24,25). The fraction of sp³-hybridized carbons (Fsp3) is 0.381. The van der Waals surface area contributed by atoms with Crippen LogP contribution in [0.1, 0.15) is 32.6 Å². The molecular formula is C21H27ClN2O3. The zero-order valence-electron chi connectivity index (χ0n) is 15.9. The topological polar surface area (TPSA) is 59.6 Å². The van der Waals surface area contributed by atoms with Crippen molar-refractivity contribution in [2.45, 2.75) is 32.6 Å². The van der Waals surface area contributed by atoms with Gasteiger partial charge in [-0.05, 0) is 36.8 Å². The van der Waals surface area contributed by atoms with Gasteiger partial charge in [0, 0.05) is 17.4 Å². The first-order valence-corrected chi connectivity index (χ1v) is 9.60. The summed E-state index contributed by atoms with van der Waals surface area (Å²) in [5.74, 6) is 1.21. The number of anilines is 2. The van der Waals surface area contributed by atoms with Crippen LogP contribution in [0.25, 0.3) is 0 Å². The normalized spacial score (nSPS) is 10.3. The van der Waals surface area contributed by atoms with E-state index in [1.807, 2.05) is 30.3 Å². The molecule has 0 aliphatic rings. The minimum Gasteiger partial charge on any atom is -0.495 e. The fourth-order valence-electron chi connectivity index (χ4n) is 2.55. The van der Waals surface area contributed by atoms with Gasteiger partial charge in [-0.15, -0.1) is 0 Å². The smallest absolute Gasteiger partial charge is 0.243 e. The molecule has 0 fully saturated rings. The van der Waals surface area contributed by atoms with E-state index in [2.05, 4.69) is 17.6 Å². The quantitative estimate of drug-likeness (QED) is 0.507. The van der Waals surface area contributed by atoms with Crippen molar-refractivity contribution in [1.29, 1.82) is 0 Å². The predicted molar refractivity (Wildman–Crippen MR) is 111 cm³/mol. The third-order valence-electron chi connectivity index (χ3n) is 3.99. The molecule has 0 heterocycles. The maximum Gasteiger partial charge on any atom is 0.243 e. The van der Waals surface area contributed by atoms with Gasteiger partial charge in [0.15, 0.2) is 0 Å². The summed E-state index contributed by atoms with van der Waals surface area (Å²) < 4.78 is 10.9. The van der Waals surface area contributed by atoms with Gasteiger partial charge in [-0.1, -0.05) is 43.9 Å². The number of ether oxygens (including phenoxy) is 2. The SMILES string of the molecule is CCCCCCOc1cccc(NC(=O)CNc2ccc(OC)c(Cl)c2)c1. The zero-order valence-corrected chi connectivity index (χ0v) is 16.6. The van der Waals surface area contributed by atoms with Crippen molar-refractivity contribution in [1.82, 2.24) is 0 Å². The van der Waals surface area contributed by atoms with Crippen LogP contribution in [0.4, 0.5) is 11.4 Å². The first kappa shape index (κ1) is 20.9. The number of unbranched alkanes of at least 4 members (excludes halogenated alkanes) is 3. The zero-order chi connectivity index (χ0) is 19.5. The Morgan fingerprint density at radius 2 is 1.93 bits per heavy atom. The van der Waals surface area contributed by atoms with Crippen molar-refractivity contribution in [2.24, 2.45) is 0 Å². The van der Waals surface area contributed by atoms with Crippen LogP contribution in [0.3, 0.4) is 0 Å². The molecule has 2 N–H and O–H groups in total. The molecule has 0 aromatic heterocycles. The van der Waals surface area contributed by atoms with Crippen LogP contribution in [0.2, 0.25) is 5.02 Å². The molecule has 0 atom stereocenters. The van der Waals surface area contributed by atoms with Gasteiger partial charge >= 0.3 is 0 Å². The van der Waals surface area contributed by atoms with Crippen molar-refractivity contribution < 1.29 is 14.3 Å². The molecule has 27 heavy (non-hydrogen) atoms. The van der Waals surface area contributed by atoms with Crippen LogP contribution < -0.4 is 20.1 Å². The average Bonchev–Trinajstić information content (AvgIpc) is 2.66. The van der Waals surface area contributed by atoms with Gasteiger partial charge in [0.1, 0.15) is 11.5 Å². The van der Waals surface area contributed by atoms with E-state index in [4.69, 9.17) is 21.1 Å². The molecule has 0 aliphatic carbocycles. The number of nitrogens with one attached hydrogen (secondary N) is 2. The van der Waals surface area contributed by atoms with E-state index in [1.54, 1.807) is 19.2 Å². The van der Waals surface area contributed by atoms with Gasteiger partial charge in [0.25, 0.3) is 0 Å². The molecular weight excluding hydrogens is 364 g/mol. The van der Waals surface area contributed by atoms with Crippen molar-refractivity contribution in [3.8, 4) is 11.5 Å². The molecule has 0 saturated heterocycles. The number of benzene rings is 2. The molecule has 0 radical (unpaired) electrons. The van der Waals surface area contributed by atoms with Crippen molar-refractivity contribution in [3.05, 3.63) is 47.5 Å². The Balaban J connectivity index is 1.79. The maximum absolute atomic E-state index is 12.2. The third kappa shape index (κ3) is 7.39. The van der Waals surface area contributed by atoms with Gasteiger partial charge in [0.05, 0.1) is 25.3 Å². The van der Waals surface area contributed by atoms with E-state index in [0.717, 1.165) is 17.9 Å². The maximum atomic E-state index is 12.2. The fourth-order valence-corrected chi connectivity index (χ4v) is 2.80. The number of rotatable bonds is 11. The van der Waals surface area contributed by atoms with E-state index in [0.29, 0.717) is 23.1 Å². The molecule has 0 spiro atoms. The van der Waals surface area contributed by atoms with Crippen LogP contribution in [0.5, 0.6) is 11.5 Å².